The van der Waals surface area contributed by atoms with Crippen LogP contribution in [0.4, 0.5) is 5.69 Å². The Balaban J connectivity index is 2.08. The lowest BCUT2D eigenvalue weighted by Crippen LogP contribution is -2.44. The summed E-state index contributed by atoms with van der Waals surface area (Å²) < 4.78 is 28.3. The number of aliphatic carboxylic acids is 1. The Morgan fingerprint density at radius 1 is 1.38 bits per heavy atom. The predicted molar refractivity (Wildman–Crippen MR) is 80.3 cm³/mol. The van der Waals surface area contributed by atoms with E-state index in [1.807, 2.05) is 19.1 Å². The minimum absolute atomic E-state index is 0.0255. The third-order valence-electron chi connectivity index (χ3n) is 3.68. The number of hydrogen-bond acceptors (Lipinski definition) is 3. The molecule has 2 N–H and O–H groups in total. The molecule has 116 valence electrons. The smallest absolute Gasteiger partial charge is 0.307 e. The van der Waals surface area contributed by atoms with Crippen LogP contribution in [0.3, 0.4) is 0 Å². The van der Waals surface area contributed by atoms with E-state index >= 15 is 0 Å². The highest BCUT2D eigenvalue weighted by Crippen LogP contribution is 2.21. The van der Waals surface area contributed by atoms with Crippen LogP contribution >= 0.6 is 0 Å². The standard InChI is InChI=1S/C14H20N2O4S/c1-2-11-5-7-13(8-6-11)15-21(19,20)16-9-3-4-12(10-16)14(17)18/h5-8,12,15H,2-4,9-10H2,1H3,(H,17,18). The number of aryl methyl sites for hydroxylation is 1. The van der Waals surface area contributed by atoms with Crippen LogP contribution in [0.15, 0.2) is 24.3 Å². The van der Waals surface area contributed by atoms with Crippen molar-refractivity contribution >= 4 is 21.9 Å². The third kappa shape index (κ3) is 3.95. The van der Waals surface area contributed by atoms with Gasteiger partial charge in [0.2, 0.25) is 0 Å². The summed E-state index contributed by atoms with van der Waals surface area (Å²) >= 11 is 0. The van der Waals surface area contributed by atoms with Crippen molar-refractivity contribution in [1.29, 1.82) is 0 Å². The Bertz CT molecular complexity index is 598. The van der Waals surface area contributed by atoms with Gasteiger partial charge in [0.05, 0.1) is 5.92 Å². The summed E-state index contributed by atoms with van der Waals surface area (Å²) in [5, 5.41) is 9.03. The Labute approximate surface area is 125 Å². The molecule has 0 saturated carbocycles. The molecule has 6 nitrogen and oxygen atoms in total. The summed E-state index contributed by atoms with van der Waals surface area (Å²) in [5.41, 5.74) is 1.62. The van der Waals surface area contributed by atoms with Gasteiger partial charge in [-0.25, -0.2) is 0 Å². The van der Waals surface area contributed by atoms with Crippen molar-refractivity contribution in [1.82, 2.24) is 4.31 Å². The molecule has 1 saturated heterocycles. The van der Waals surface area contributed by atoms with E-state index < -0.39 is 22.1 Å². The molecule has 1 atom stereocenters. The molecule has 0 aliphatic carbocycles. The summed E-state index contributed by atoms with van der Waals surface area (Å²) in [6.07, 6.45) is 1.97. The van der Waals surface area contributed by atoms with Gasteiger partial charge in [-0.15, -0.1) is 0 Å². The van der Waals surface area contributed by atoms with Gasteiger partial charge in [-0.2, -0.15) is 12.7 Å². The lowest BCUT2D eigenvalue weighted by Gasteiger charge is -2.29. The first kappa shape index (κ1) is 15.8. The molecular formula is C14H20N2O4S. The van der Waals surface area contributed by atoms with Crippen molar-refractivity contribution in [2.75, 3.05) is 17.8 Å². The number of anilines is 1. The summed E-state index contributed by atoms with van der Waals surface area (Å²) in [5.74, 6) is -1.57. The molecule has 1 unspecified atom stereocenters. The maximum atomic E-state index is 12.3. The van der Waals surface area contributed by atoms with Crippen molar-refractivity contribution in [3.63, 3.8) is 0 Å². The molecule has 0 bridgehead atoms. The minimum Gasteiger partial charge on any atom is -0.481 e. The fourth-order valence-corrected chi connectivity index (χ4v) is 3.69. The average molecular weight is 312 g/mol. The van der Waals surface area contributed by atoms with Crippen molar-refractivity contribution in [3.8, 4) is 0 Å². The fraction of sp³-hybridized carbons (Fsp3) is 0.500. The second-order valence-electron chi connectivity index (χ2n) is 5.19. The van der Waals surface area contributed by atoms with Gasteiger partial charge >= 0.3 is 16.2 Å². The van der Waals surface area contributed by atoms with Gasteiger partial charge in [0.1, 0.15) is 0 Å². The maximum Gasteiger partial charge on any atom is 0.307 e. The largest absolute Gasteiger partial charge is 0.481 e. The summed E-state index contributed by atoms with van der Waals surface area (Å²) in [4.78, 5) is 11.0. The van der Waals surface area contributed by atoms with Crippen LogP contribution < -0.4 is 4.72 Å². The molecule has 1 aliphatic heterocycles. The molecule has 0 aromatic heterocycles. The molecule has 1 heterocycles. The van der Waals surface area contributed by atoms with Crippen molar-refractivity contribution in [2.24, 2.45) is 5.92 Å². The van der Waals surface area contributed by atoms with Gasteiger partial charge in [-0.1, -0.05) is 19.1 Å². The van der Waals surface area contributed by atoms with E-state index in [4.69, 9.17) is 5.11 Å². The molecule has 1 fully saturated rings. The Morgan fingerprint density at radius 3 is 2.62 bits per heavy atom. The van der Waals surface area contributed by atoms with Crippen LogP contribution in [-0.4, -0.2) is 36.9 Å². The summed E-state index contributed by atoms with van der Waals surface area (Å²) in [6, 6.07) is 7.17. The monoisotopic (exact) mass is 312 g/mol. The van der Waals surface area contributed by atoms with Gasteiger partial charge in [-0.3, -0.25) is 9.52 Å². The van der Waals surface area contributed by atoms with E-state index in [2.05, 4.69) is 4.72 Å². The van der Waals surface area contributed by atoms with Gasteiger partial charge in [0.25, 0.3) is 0 Å². The molecule has 2 rings (SSSR count). The molecule has 0 spiro atoms. The number of nitrogens with one attached hydrogen (secondary N) is 1. The summed E-state index contributed by atoms with van der Waals surface area (Å²) in [6.45, 7) is 2.41. The highest BCUT2D eigenvalue weighted by atomic mass is 32.2. The van der Waals surface area contributed by atoms with E-state index in [9.17, 15) is 13.2 Å². The molecule has 1 aliphatic rings. The van der Waals surface area contributed by atoms with Crippen LogP contribution in [-0.2, 0) is 21.4 Å². The highest BCUT2D eigenvalue weighted by molar-refractivity contribution is 7.90. The Hall–Kier alpha value is -1.60. The van der Waals surface area contributed by atoms with Crippen LogP contribution in [0.5, 0.6) is 0 Å². The number of piperidine rings is 1. The van der Waals surface area contributed by atoms with Crippen molar-refractivity contribution in [3.05, 3.63) is 29.8 Å². The quantitative estimate of drug-likeness (QED) is 0.866. The van der Waals surface area contributed by atoms with Crippen LogP contribution in [0, 0.1) is 5.92 Å². The number of benzene rings is 1. The number of nitrogens with zero attached hydrogens (tertiary/aromatic N) is 1. The van der Waals surface area contributed by atoms with Crippen LogP contribution in [0.1, 0.15) is 25.3 Å². The second-order valence-corrected chi connectivity index (χ2v) is 6.86. The SMILES string of the molecule is CCc1ccc(NS(=O)(=O)N2CCCC(C(=O)O)C2)cc1. The number of hydrogen-bond donors (Lipinski definition) is 2. The van der Waals surface area contributed by atoms with Crippen LogP contribution in [0.25, 0.3) is 0 Å². The first-order chi connectivity index (χ1) is 9.92. The molecular weight excluding hydrogens is 292 g/mol. The normalized spacial score (nSPS) is 20.1. The zero-order chi connectivity index (χ0) is 15.5. The lowest BCUT2D eigenvalue weighted by molar-refractivity contribution is -0.142. The number of carbonyl (C=O) groups is 1. The zero-order valence-corrected chi connectivity index (χ0v) is 12.8. The van der Waals surface area contributed by atoms with Crippen molar-refractivity contribution in [2.45, 2.75) is 26.2 Å². The number of rotatable bonds is 5. The summed E-state index contributed by atoms with van der Waals surface area (Å²) in [7, 11) is -3.70. The van der Waals surface area contributed by atoms with Gasteiger partial charge in [0, 0.05) is 18.8 Å². The topological polar surface area (TPSA) is 86.7 Å². The maximum absolute atomic E-state index is 12.3. The molecule has 1 aromatic rings. The van der Waals surface area contributed by atoms with E-state index in [1.165, 1.54) is 4.31 Å². The van der Waals surface area contributed by atoms with Gasteiger partial charge < -0.3 is 5.11 Å². The molecule has 0 radical (unpaired) electrons. The van der Waals surface area contributed by atoms with Gasteiger partial charge in [0.15, 0.2) is 0 Å². The number of carboxylic acid groups (broad SMARTS) is 1. The predicted octanol–water partition coefficient (Wildman–Crippen LogP) is 1.70. The minimum atomic E-state index is -3.70. The van der Waals surface area contributed by atoms with Gasteiger partial charge in [-0.05, 0) is 37.0 Å². The second kappa shape index (κ2) is 6.44. The van der Waals surface area contributed by atoms with E-state index in [-0.39, 0.29) is 6.54 Å². The fourth-order valence-electron chi connectivity index (χ4n) is 2.38. The highest BCUT2D eigenvalue weighted by Gasteiger charge is 2.32. The molecule has 1 aromatic carbocycles. The van der Waals surface area contributed by atoms with E-state index in [0.717, 1.165) is 12.0 Å². The molecule has 0 amide bonds. The Kier molecular flexibility index (Phi) is 4.84. The lowest BCUT2D eigenvalue weighted by atomic mass is 10.0. The first-order valence-electron chi connectivity index (χ1n) is 7.02. The van der Waals surface area contributed by atoms with E-state index in [1.54, 1.807) is 12.1 Å². The average Bonchev–Trinajstić information content (AvgIpc) is 2.48. The Morgan fingerprint density at radius 2 is 2.05 bits per heavy atom. The zero-order valence-electron chi connectivity index (χ0n) is 11.9. The number of carboxylic acids is 1. The van der Waals surface area contributed by atoms with Crippen molar-refractivity contribution < 1.29 is 18.3 Å². The molecule has 7 heteroatoms. The molecule has 21 heavy (non-hydrogen) atoms. The first-order valence-corrected chi connectivity index (χ1v) is 8.46. The third-order valence-corrected chi connectivity index (χ3v) is 5.19. The van der Waals surface area contributed by atoms with Crippen LogP contribution in [0.2, 0.25) is 0 Å². The van der Waals surface area contributed by atoms with E-state index in [0.29, 0.717) is 25.1 Å².